The van der Waals surface area contributed by atoms with Crippen LogP contribution in [-0.4, -0.2) is 10.8 Å². The highest BCUT2D eigenvalue weighted by Gasteiger charge is 1.99. The third-order valence-corrected chi connectivity index (χ3v) is 1.43. The molecule has 0 spiro atoms. The molecular weight excluding hydrogens is 160 g/mol. The van der Waals surface area contributed by atoms with Crippen molar-refractivity contribution in [3.8, 4) is 0 Å². The fourth-order valence-electron chi connectivity index (χ4n) is 0.417. The zero-order valence-corrected chi connectivity index (χ0v) is 6.83. The van der Waals surface area contributed by atoms with E-state index in [0.29, 0.717) is 12.3 Å². The molecule has 0 saturated carbocycles. The molecule has 0 aromatic heterocycles. The lowest BCUT2D eigenvalue weighted by Crippen LogP contribution is -1.91. The van der Waals surface area contributed by atoms with Crippen molar-refractivity contribution in [2.75, 3.05) is 6.54 Å². The second-order valence-corrected chi connectivity index (χ2v) is 3.48. The van der Waals surface area contributed by atoms with Crippen LogP contribution < -0.4 is 0 Å². The van der Waals surface area contributed by atoms with Crippen LogP contribution in [0.4, 0.5) is 7.77 Å². The van der Waals surface area contributed by atoms with Crippen LogP contribution in [0.5, 0.6) is 0 Å². The number of hydrogen-bond donors (Lipinski definition) is 0. The predicted octanol–water partition coefficient (Wildman–Crippen LogP) is 2.27. The van der Waals surface area contributed by atoms with Crippen molar-refractivity contribution >= 4 is 10.5 Å². The first kappa shape index (κ1) is 9.81. The quantitative estimate of drug-likeness (QED) is 0.599. The lowest BCUT2D eigenvalue weighted by atomic mass is 10.1. The van der Waals surface area contributed by atoms with Crippen LogP contribution in [0.25, 0.3) is 0 Å². The summed E-state index contributed by atoms with van der Waals surface area (Å²) in [7, 11) is -4.84. The Morgan fingerprint density at radius 3 is 2.30 bits per heavy atom. The van der Waals surface area contributed by atoms with Crippen LogP contribution in [0.15, 0.2) is 4.36 Å². The van der Waals surface area contributed by atoms with Gasteiger partial charge in [-0.05, 0) is 12.3 Å². The molecule has 0 aliphatic carbocycles. The summed E-state index contributed by atoms with van der Waals surface area (Å²) in [4.78, 5) is 0. The molecule has 0 heterocycles. The summed E-state index contributed by atoms with van der Waals surface area (Å²) in [5, 5.41) is 0. The van der Waals surface area contributed by atoms with Crippen LogP contribution in [0, 0.1) is 5.92 Å². The molecule has 0 N–H and O–H groups in total. The minimum Gasteiger partial charge on any atom is -0.182 e. The van der Waals surface area contributed by atoms with Gasteiger partial charge in [-0.3, -0.25) is 0 Å². The third-order valence-electron chi connectivity index (χ3n) is 0.948. The molecule has 2 nitrogen and oxygen atoms in total. The van der Waals surface area contributed by atoms with Gasteiger partial charge in [0.15, 0.2) is 0 Å². The van der Waals surface area contributed by atoms with E-state index in [1.807, 2.05) is 13.8 Å². The molecule has 0 atom stereocenters. The number of hydrogen-bond acceptors (Lipinski definition) is 2. The van der Waals surface area contributed by atoms with Crippen LogP contribution >= 0.6 is 0 Å². The van der Waals surface area contributed by atoms with Crippen molar-refractivity contribution in [2.24, 2.45) is 10.3 Å². The van der Waals surface area contributed by atoms with Crippen molar-refractivity contribution < 1.29 is 12.0 Å². The zero-order chi connectivity index (χ0) is 8.20. The Hall–Kier alpha value is -0.190. The van der Waals surface area contributed by atoms with Crippen LogP contribution in [0.2, 0.25) is 0 Å². The van der Waals surface area contributed by atoms with Crippen molar-refractivity contribution in [3.63, 3.8) is 0 Å². The minimum absolute atomic E-state index is 0.0104. The maximum Gasteiger partial charge on any atom is 0.366 e. The summed E-state index contributed by atoms with van der Waals surface area (Å²) in [6.07, 6.45) is 0.560. The summed E-state index contributed by atoms with van der Waals surface area (Å²) in [6, 6.07) is 0. The first-order valence-electron chi connectivity index (χ1n) is 3.04. The average molecular weight is 171 g/mol. The molecule has 0 radical (unpaired) electrons. The molecule has 0 aliphatic rings. The van der Waals surface area contributed by atoms with Gasteiger partial charge in [0.25, 0.3) is 0 Å². The number of rotatable bonds is 3. The van der Waals surface area contributed by atoms with Crippen LogP contribution in [0.3, 0.4) is 0 Å². The molecule has 62 valence electrons. The van der Waals surface area contributed by atoms with Gasteiger partial charge < -0.3 is 0 Å². The van der Waals surface area contributed by atoms with Gasteiger partial charge in [-0.2, -0.15) is 8.57 Å². The summed E-state index contributed by atoms with van der Waals surface area (Å²) >= 11 is 0. The minimum atomic E-state index is -4.84. The monoisotopic (exact) mass is 171 g/mol. The average Bonchev–Trinajstić information content (AvgIpc) is 1.59. The van der Waals surface area contributed by atoms with E-state index in [4.69, 9.17) is 0 Å². The van der Waals surface area contributed by atoms with E-state index in [2.05, 4.69) is 4.36 Å². The fraction of sp³-hybridized carbons (Fsp3) is 1.00. The van der Waals surface area contributed by atoms with Gasteiger partial charge in [0.05, 0.1) is 6.54 Å². The standard InChI is InChI=1S/C5H11F2NOS/c1-5(2)3-4-8-10(6,7)9/h5H,3-4H2,1-2H3. The molecule has 0 rings (SSSR count). The Morgan fingerprint density at radius 1 is 1.50 bits per heavy atom. The predicted molar refractivity (Wildman–Crippen MR) is 37.1 cm³/mol. The molecule has 0 bridgehead atoms. The van der Waals surface area contributed by atoms with Crippen molar-refractivity contribution in [3.05, 3.63) is 0 Å². The normalized spacial score (nSPS) is 12.1. The summed E-state index contributed by atoms with van der Waals surface area (Å²) in [5.74, 6) is 0.325. The van der Waals surface area contributed by atoms with Gasteiger partial charge in [0, 0.05) is 0 Å². The number of halogens is 2. The fourth-order valence-corrected chi connectivity index (χ4v) is 0.735. The van der Waals surface area contributed by atoms with Crippen molar-refractivity contribution in [1.82, 2.24) is 0 Å². The van der Waals surface area contributed by atoms with E-state index in [1.165, 1.54) is 0 Å². The molecule has 0 aromatic carbocycles. The highest BCUT2D eigenvalue weighted by atomic mass is 32.3. The Balaban J connectivity index is 3.66. The lowest BCUT2D eigenvalue weighted by Gasteiger charge is -1.97. The third kappa shape index (κ3) is 7.81. The smallest absolute Gasteiger partial charge is 0.182 e. The van der Waals surface area contributed by atoms with E-state index in [0.717, 1.165) is 0 Å². The summed E-state index contributed by atoms with van der Waals surface area (Å²) in [5.41, 5.74) is 0. The summed E-state index contributed by atoms with van der Waals surface area (Å²) in [6.45, 7) is 3.78. The van der Waals surface area contributed by atoms with E-state index in [-0.39, 0.29) is 6.54 Å². The first-order valence-corrected chi connectivity index (χ1v) is 4.35. The van der Waals surface area contributed by atoms with Crippen LogP contribution in [-0.2, 0) is 10.5 Å². The molecule has 0 saturated heterocycles. The zero-order valence-electron chi connectivity index (χ0n) is 6.01. The topological polar surface area (TPSA) is 29.4 Å². The molecular formula is C5H11F2NOS. The Labute approximate surface area is 60.4 Å². The Bertz CT molecular complexity index is 188. The lowest BCUT2D eigenvalue weighted by molar-refractivity contribution is 0.568. The van der Waals surface area contributed by atoms with Gasteiger partial charge in [-0.15, -0.1) is 0 Å². The van der Waals surface area contributed by atoms with E-state index in [9.17, 15) is 12.0 Å². The first-order chi connectivity index (χ1) is 4.42. The van der Waals surface area contributed by atoms with Gasteiger partial charge in [0.1, 0.15) is 0 Å². The Kier molecular flexibility index (Phi) is 3.78. The van der Waals surface area contributed by atoms with Crippen molar-refractivity contribution in [1.29, 1.82) is 0 Å². The molecule has 0 fully saturated rings. The SMILES string of the molecule is CC(C)CCN=S(=O)(F)F. The van der Waals surface area contributed by atoms with Crippen molar-refractivity contribution in [2.45, 2.75) is 20.3 Å². The van der Waals surface area contributed by atoms with Gasteiger partial charge in [0.2, 0.25) is 0 Å². The van der Waals surface area contributed by atoms with Gasteiger partial charge >= 0.3 is 10.5 Å². The maximum atomic E-state index is 11.5. The molecule has 0 amide bonds. The molecule has 0 aliphatic heterocycles. The molecule has 10 heavy (non-hydrogen) atoms. The Morgan fingerprint density at radius 2 is 2.00 bits per heavy atom. The molecule has 0 aromatic rings. The van der Waals surface area contributed by atoms with E-state index < -0.39 is 10.5 Å². The molecule has 0 unspecified atom stereocenters. The number of nitrogens with zero attached hydrogens (tertiary/aromatic N) is 1. The summed E-state index contributed by atoms with van der Waals surface area (Å²) < 4.78 is 35.4. The largest absolute Gasteiger partial charge is 0.366 e. The maximum absolute atomic E-state index is 11.5. The highest BCUT2D eigenvalue weighted by Crippen LogP contribution is 2.03. The second-order valence-electron chi connectivity index (χ2n) is 2.43. The van der Waals surface area contributed by atoms with Gasteiger partial charge in [-0.25, -0.2) is 0 Å². The second kappa shape index (κ2) is 3.85. The van der Waals surface area contributed by atoms with Gasteiger partial charge in [-0.1, -0.05) is 21.6 Å². The highest BCUT2D eigenvalue weighted by molar-refractivity contribution is 7.83. The molecule has 5 heteroatoms. The van der Waals surface area contributed by atoms with E-state index in [1.54, 1.807) is 0 Å². The van der Waals surface area contributed by atoms with Crippen LogP contribution in [0.1, 0.15) is 20.3 Å². The van der Waals surface area contributed by atoms with E-state index >= 15 is 0 Å².